The van der Waals surface area contributed by atoms with E-state index in [1.165, 1.54) is 15.5 Å². The highest BCUT2D eigenvalue weighted by Gasteiger charge is 2.44. The summed E-state index contributed by atoms with van der Waals surface area (Å²) >= 11 is 0. The Balaban J connectivity index is 1.54. The van der Waals surface area contributed by atoms with Crippen LogP contribution in [0.3, 0.4) is 0 Å². The molecule has 2 aliphatic rings. The van der Waals surface area contributed by atoms with Crippen molar-refractivity contribution in [2.75, 3.05) is 4.90 Å². The first-order chi connectivity index (χ1) is 12.1. The van der Waals surface area contributed by atoms with Gasteiger partial charge in [-0.2, -0.15) is 5.43 Å². The molecule has 6 heteroatoms. The van der Waals surface area contributed by atoms with Gasteiger partial charge in [-0.05, 0) is 24.6 Å². The minimum Gasteiger partial charge on any atom is -0.283 e. The largest absolute Gasteiger partial charge is 0.340 e. The Morgan fingerprint density at radius 3 is 2.40 bits per heavy atom. The molecule has 0 aliphatic carbocycles. The third-order valence-corrected chi connectivity index (χ3v) is 4.35. The zero-order valence-electron chi connectivity index (χ0n) is 13.8. The van der Waals surface area contributed by atoms with Crippen LogP contribution < -0.4 is 10.3 Å². The number of aryl methyl sites for hydroxylation is 1. The number of nitrogens with one attached hydrogen (secondary N) is 1. The van der Waals surface area contributed by atoms with Crippen molar-refractivity contribution in [1.82, 2.24) is 15.3 Å². The number of carbonyl (C=O) groups is 2. The molecule has 0 spiro atoms. The lowest BCUT2D eigenvalue weighted by Crippen LogP contribution is -2.51. The first-order valence-corrected chi connectivity index (χ1v) is 8.11. The second-order valence-electron chi connectivity index (χ2n) is 6.14. The van der Waals surface area contributed by atoms with E-state index in [9.17, 15) is 9.59 Å². The number of hydrogen-bond acceptors (Lipinski definition) is 3. The Hall–Kier alpha value is -3.12. The normalized spacial score (nSPS) is 19.6. The second-order valence-corrected chi connectivity index (χ2v) is 6.14. The summed E-state index contributed by atoms with van der Waals surface area (Å²) in [5, 5.41) is 1.48. The summed E-state index contributed by atoms with van der Waals surface area (Å²) in [6, 6.07) is 17.1. The molecule has 2 aliphatic heterocycles. The molecule has 0 bridgehead atoms. The van der Waals surface area contributed by atoms with Gasteiger partial charge in [0.25, 0.3) is 5.91 Å². The van der Waals surface area contributed by atoms with Crippen LogP contribution >= 0.6 is 0 Å². The van der Waals surface area contributed by atoms with E-state index in [4.69, 9.17) is 0 Å². The van der Waals surface area contributed by atoms with Crippen molar-refractivity contribution < 1.29 is 9.59 Å². The van der Waals surface area contributed by atoms with Crippen LogP contribution in [0.2, 0.25) is 0 Å². The minimum absolute atomic E-state index is 0.187. The molecule has 2 aromatic carbocycles. The van der Waals surface area contributed by atoms with E-state index >= 15 is 0 Å². The van der Waals surface area contributed by atoms with E-state index in [0.29, 0.717) is 6.54 Å². The minimum atomic E-state index is -0.719. The number of nitrogens with zero attached hydrogens (tertiary/aromatic N) is 3. The standard InChI is InChI=1S/C19H18N4O2/c1-14-7-9-15(10-8-14)13-23-19(25)22-12-11-21(18(24)17(22)20-23)16-5-3-2-4-6-16/h2-12,17,20H,13H2,1H3. The number of rotatable bonds is 3. The van der Waals surface area contributed by atoms with E-state index in [1.807, 2.05) is 61.5 Å². The average Bonchev–Trinajstić information content (AvgIpc) is 2.95. The summed E-state index contributed by atoms with van der Waals surface area (Å²) in [7, 11) is 0. The molecule has 4 rings (SSSR count). The molecule has 6 nitrogen and oxygen atoms in total. The number of para-hydroxylation sites is 1. The maximum Gasteiger partial charge on any atom is 0.340 e. The number of fused-ring (bicyclic) bond motifs is 1. The average molecular weight is 334 g/mol. The van der Waals surface area contributed by atoms with Crippen LogP contribution in [0.15, 0.2) is 67.0 Å². The van der Waals surface area contributed by atoms with Crippen molar-refractivity contribution in [2.24, 2.45) is 0 Å². The van der Waals surface area contributed by atoms with Gasteiger partial charge in [0.05, 0.1) is 6.54 Å². The monoisotopic (exact) mass is 334 g/mol. The molecule has 25 heavy (non-hydrogen) atoms. The van der Waals surface area contributed by atoms with E-state index in [0.717, 1.165) is 11.3 Å². The fourth-order valence-electron chi connectivity index (χ4n) is 2.97. The van der Waals surface area contributed by atoms with Gasteiger partial charge < -0.3 is 0 Å². The van der Waals surface area contributed by atoms with Gasteiger partial charge in [-0.15, -0.1) is 0 Å². The van der Waals surface area contributed by atoms with Gasteiger partial charge >= 0.3 is 6.03 Å². The lowest BCUT2D eigenvalue weighted by atomic mass is 10.1. The third kappa shape index (κ3) is 2.77. The quantitative estimate of drug-likeness (QED) is 0.939. The maximum absolute atomic E-state index is 12.8. The predicted molar refractivity (Wildman–Crippen MR) is 93.9 cm³/mol. The van der Waals surface area contributed by atoms with Crippen LogP contribution in [0.5, 0.6) is 0 Å². The lowest BCUT2D eigenvalue weighted by molar-refractivity contribution is -0.122. The number of hydrazine groups is 1. The van der Waals surface area contributed by atoms with Crippen molar-refractivity contribution >= 4 is 17.6 Å². The topological polar surface area (TPSA) is 55.9 Å². The zero-order valence-corrected chi connectivity index (χ0v) is 13.8. The molecule has 1 atom stereocenters. The SMILES string of the molecule is Cc1ccc(CN2NC3C(=O)N(c4ccccc4)C=CN3C2=O)cc1. The van der Waals surface area contributed by atoms with E-state index < -0.39 is 6.17 Å². The van der Waals surface area contributed by atoms with Gasteiger partial charge in [0.15, 0.2) is 6.17 Å². The van der Waals surface area contributed by atoms with Gasteiger partial charge in [0.1, 0.15) is 0 Å². The highest BCUT2D eigenvalue weighted by molar-refractivity contribution is 6.02. The van der Waals surface area contributed by atoms with Crippen molar-refractivity contribution in [1.29, 1.82) is 0 Å². The molecule has 2 aromatic rings. The molecule has 126 valence electrons. The summed E-state index contributed by atoms with van der Waals surface area (Å²) in [6.45, 7) is 2.42. The van der Waals surface area contributed by atoms with Gasteiger partial charge in [-0.3, -0.25) is 19.6 Å². The molecule has 0 saturated carbocycles. The molecule has 3 amide bonds. The van der Waals surface area contributed by atoms with Crippen LogP contribution in [0.1, 0.15) is 11.1 Å². The molecule has 1 saturated heterocycles. The fraction of sp³-hybridized carbons (Fsp3) is 0.158. The number of anilines is 1. The Morgan fingerprint density at radius 2 is 1.68 bits per heavy atom. The van der Waals surface area contributed by atoms with Crippen molar-refractivity contribution in [2.45, 2.75) is 19.6 Å². The summed E-state index contributed by atoms with van der Waals surface area (Å²) in [4.78, 5) is 28.3. The Bertz CT molecular complexity index is 832. The third-order valence-electron chi connectivity index (χ3n) is 4.35. The van der Waals surface area contributed by atoms with Crippen LogP contribution in [-0.4, -0.2) is 28.0 Å². The van der Waals surface area contributed by atoms with Crippen LogP contribution in [0.25, 0.3) is 0 Å². The molecule has 0 aromatic heterocycles. The summed E-state index contributed by atoms with van der Waals surface area (Å²) in [5.41, 5.74) is 5.96. The van der Waals surface area contributed by atoms with Crippen LogP contribution in [0.4, 0.5) is 10.5 Å². The number of hydrogen-bond donors (Lipinski definition) is 1. The van der Waals surface area contributed by atoms with Gasteiger partial charge in [-0.1, -0.05) is 48.0 Å². The Morgan fingerprint density at radius 1 is 0.960 bits per heavy atom. The fourth-order valence-corrected chi connectivity index (χ4v) is 2.97. The Kier molecular flexibility index (Phi) is 3.74. The molecule has 1 unspecified atom stereocenters. The number of amides is 3. The molecule has 2 heterocycles. The lowest BCUT2D eigenvalue weighted by Gasteiger charge is -2.29. The number of carbonyl (C=O) groups excluding carboxylic acids is 2. The summed E-state index contributed by atoms with van der Waals surface area (Å²) in [5.74, 6) is -0.187. The molecule has 1 N–H and O–H groups in total. The Labute approximate surface area is 145 Å². The van der Waals surface area contributed by atoms with Crippen LogP contribution in [0, 0.1) is 6.92 Å². The molecule has 0 radical (unpaired) electrons. The van der Waals surface area contributed by atoms with Crippen molar-refractivity contribution in [3.8, 4) is 0 Å². The highest BCUT2D eigenvalue weighted by Crippen LogP contribution is 2.24. The van der Waals surface area contributed by atoms with Gasteiger partial charge in [-0.25, -0.2) is 4.79 Å². The summed E-state index contributed by atoms with van der Waals surface area (Å²) in [6.07, 6.45) is 2.55. The van der Waals surface area contributed by atoms with E-state index in [1.54, 1.807) is 17.3 Å². The van der Waals surface area contributed by atoms with Gasteiger partial charge in [0, 0.05) is 18.1 Å². The molecular formula is C19H18N4O2. The van der Waals surface area contributed by atoms with Gasteiger partial charge in [0.2, 0.25) is 0 Å². The second kappa shape index (κ2) is 6.07. The predicted octanol–water partition coefficient (Wildman–Crippen LogP) is 2.58. The van der Waals surface area contributed by atoms with Crippen LogP contribution in [-0.2, 0) is 11.3 Å². The van der Waals surface area contributed by atoms with Crippen molar-refractivity contribution in [3.63, 3.8) is 0 Å². The highest BCUT2D eigenvalue weighted by atomic mass is 16.2. The first-order valence-electron chi connectivity index (χ1n) is 8.11. The zero-order chi connectivity index (χ0) is 17.4. The maximum atomic E-state index is 12.8. The van der Waals surface area contributed by atoms with E-state index in [-0.39, 0.29) is 11.9 Å². The molecule has 1 fully saturated rings. The summed E-state index contributed by atoms with van der Waals surface area (Å²) < 4.78 is 0. The number of benzene rings is 2. The smallest absolute Gasteiger partial charge is 0.283 e. The first kappa shape index (κ1) is 15.4. The molecular weight excluding hydrogens is 316 g/mol. The van der Waals surface area contributed by atoms with Crippen molar-refractivity contribution in [3.05, 3.63) is 78.1 Å². The van der Waals surface area contributed by atoms with E-state index in [2.05, 4.69) is 5.43 Å². The number of urea groups is 1.